The van der Waals surface area contributed by atoms with Crippen molar-refractivity contribution in [3.05, 3.63) is 63.4 Å². The van der Waals surface area contributed by atoms with Gasteiger partial charge in [-0.1, -0.05) is 12.1 Å². The van der Waals surface area contributed by atoms with Crippen molar-refractivity contribution in [2.45, 2.75) is 50.9 Å². The topological polar surface area (TPSA) is 97.2 Å². The lowest BCUT2D eigenvalue weighted by Gasteiger charge is -2.17. The average molecular weight is 453 g/mol. The third-order valence-corrected chi connectivity index (χ3v) is 6.85. The highest BCUT2D eigenvalue weighted by atomic mass is 32.1. The van der Waals surface area contributed by atoms with E-state index in [1.54, 1.807) is 30.7 Å². The fourth-order valence-corrected chi connectivity index (χ4v) is 5.04. The summed E-state index contributed by atoms with van der Waals surface area (Å²) in [6.45, 7) is 1.01. The smallest absolute Gasteiger partial charge is 0.304 e. The first-order chi connectivity index (χ1) is 15.6. The van der Waals surface area contributed by atoms with Gasteiger partial charge in [-0.2, -0.15) is 0 Å². The maximum absolute atomic E-state index is 11.4. The molecule has 0 amide bonds. The zero-order valence-corrected chi connectivity index (χ0v) is 19.0. The number of ether oxygens (including phenoxy) is 1. The summed E-state index contributed by atoms with van der Waals surface area (Å²) in [7, 11) is 1.56. The highest BCUT2D eigenvalue weighted by molar-refractivity contribution is 7.11. The van der Waals surface area contributed by atoms with Gasteiger partial charge >= 0.3 is 5.97 Å². The number of aliphatic carboxylic acids is 1. The Kier molecular flexibility index (Phi) is 7.32. The van der Waals surface area contributed by atoms with Gasteiger partial charge in [-0.15, -0.1) is 11.3 Å². The van der Waals surface area contributed by atoms with Gasteiger partial charge in [0.25, 0.3) is 0 Å². The molecule has 0 aliphatic carbocycles. The Bertz CT molecular complexity index is 1050. The molecule has 0 saturated heterocycles. The second kappa shape index (κ2) is 10.5. The standard InChI is InChI=1S/C24H28N4O3S/c1-31-21-11-9-17(14-26-21)20(13-22(29)30)24-27-15-19(32-24)7-3-2-6-18-10-8-16-5-4-12-25-23(16)28-18/h8-11,14-15,20H,2-7,12-13H2,1H3,(H,25,28)(H,29,30)/t20-/m0/s1. The summed E-state index contributed by atoms with van der Waals surface area (Å²) in [4.78, 5) is 26.2. The highest BCUT2D eigenvalue weighted by Crippen LogP contribution is 2.32. The Balaban J connectivity index is 1.34. The van der Waals surface area contributed by atoms with Crippen molar-refractivity contribution in [2.24, 2.45) is 0 Å². The first kappa shape index (κ1) is 22.2. The number of pyridine rings is 2. The molecule has 4 heterocycles. The fraction of sp³-hybridized carbons (Fsp3) is 0.417. The van der Waals surface area contributed by atoms with Crippen LogP contribution in [0.5, 0.6) is 5.88 Å². The van der Waals surface area contributed by atoms with E-state index in [2.05, 4.69) is 27.4 Å². The lowest BCUT2D eigenvalue weighted by Crippen LogP contribution is -2.14. The number of unbranched alkanes of at least 4 members (excludes halogenated alkanes) is 1. The van der Waals surface area contributed by atoms with Crippen LogP contribution in [0.2, 0.25) is 0 Å². The van der Waals surface area contributed by atoms with Crippen molar-refractivity contribution in [1.82, 2.24) is 15.0 Å². The Labute approximate surface area is 191 Å². The third kappa shape index (κ3) is 5.62. The normalized spacial score (nSPS) is 13.8. The predicted molar refractivity (Wildman–Crippen MR) is 125 cm³/mol. The SMILES string of the molecule is COc1ccc([C@H](CC(=O)O)c2ncc(CCCCc3ccc4c(n3)NCCC4)s2)cn1. The van der Waals surface area contributed by atoms with E-state index in [1.165, 1.54) is 16.9 Å². The van der Waals surface area contributed by atoms with Gasteiger partial charge in [0.2, 0.25) is 5.88 Å². The molecular weight excluding hydrogens is 424 g/mol. The zero-order chi connectivity index (χ0) is 22.3. The summed E-state index contributed by atoms with van der Waals surface area (Å²) in [6, 6.07) is 7.97. The Morgan fingerprint density at radius 2 is 2.06 bits per heavy atom. The average Bonchev–Trinajstić information content (AvgIpc) is 3.29. The van der Waals surface area contributed by atoms with Gasteiger partial charge < -0.3 is 15.2 Å². The molecule has 1 atom stereocenters. The number of hydrogen-bond donors (Lipinski definition) is 2. The summed E-state index contributed by atoms with van der Waals surface area (Å²) in [5.41, 5.74) is 3.29. The van der Waals surface area contributed by atoms with Crippen LogP contribution in [0.25, 0.3) is 0 Å². The number of aromatic nitrogens is 3. The van der Waals surface area contributed by atoms with E-state index in [9.17, 15) is 9.90 Å². The molecule has 8 heteroatoms. The number of hydrogen-bond acceptors (Lipinski definition) is 7. The molecule has 0 saturated carbocycles. The monoisotopic (exact) mass is 452 g/mol. The number of thiazole rings is 1. The van der Waals surface area contributed by atoms with E-state index in [-0.39, 0.29) is 12.3 Å². The molecule has 3 aromatic heterocycles. The summed E-state index contributed by atoms with van der Waals surface area (Å²) >= 11 is 1.59. The van der Waals surface area contributed by atoms with E-state index in [0.717, 1.165) is 60.7 Å². The summed E-state index contributed by atoms with van der Waals surface area (Å²) in [6.07, 6.45) is 9.81. The molecule has 0 fully saturated rings. The molecule has 0 spiro atoms. The molecule has 0 bridgehead atoms. The van der Waals surface area contributed by atoms with Crippen LogP contribution in [-0.2, 0) is 24.1 Å². The minimum absolute atomic E-state index is 0.0149. The van der Waals surface area contributed by atoms with E-state index >= 15 is 0 Å². The van der Waals surface area contributed by atoms with Crippen LogP contribution < -0.4 is 10.1 Å². The zero-order valence-electron chi connectivity index (χ0n) is 18.2. The highest BCUT2D eigenvalue weighted by Gasteiger charge is 2.22. The summed E-state index contributed by atoms with van der Waals surface area (Å²) in [5, 5.41) is 13.6. The van der Waals surface area contributed by atoms with Gasteiger partial charge in [0.05, 0.1) is 13.5 Å². The third-order valence-electron chi connectivity index (χ3n) is 5.68. The Morgan fingerprint density at radius 1 is 1.19 bits per heavy atom. The van der Waals surface area contributed by atoms with Crippen molar-refractivity contribution < 1.29 is 14.6 Å². The van der Waals surface area contributed by atoms with Crippen molar-refractivity contribution in [2.75, 3.05) is 19.0 Å². The van der Waals surface area contributed by atoms with Gasteiger partial charge in [0.1, 0.15) is 10.8 Å². The van der Waals surface area contributed by atoms with Gasteiger partial charge in [0, 0.05) is 41.5 Å². The van der Waals surface area contributed by atoms with Crippen molar-refractivity contribution >= 4 is 23.1 Å². The number of carboxylic acids is 1. The van der Waals surface area contributed by atoms with Gasteiger partial charge in [-0.3, -0.25) is 4.79 Å². The molecule has 0 unspecified atom stereocenters. The van der Waals surface area contributed by atoms with Crippen LogP contribution in [0.15, 0.2) is 36.7 Å². The van der Waals surface area contributed by atoms with Crippen LogP contribution in [0.4, 0.5) is 5.82 Å². The minimum atomic E-state index is -0.852. The molecular formula is C24H28N4O3S. The summed E-state index contributed by atoms with van der Waals surface area (Å²) in [5.74, 6) is 0.400. The van der Waals surface area contributed by atoms with Crippen molar-refractivity contribution in [3.8, 4) is 5.88 Å². The molecule has 1 aliphatic rings. The first-order valence-corrected chi connectivity index (χ1v) is 11.8. The number of carbonyl (C=O) groups is 1. The molecule has 3 aromatic rings. The second-order valence-electron chi connectivity index (χ2n) is 8.00. The second-order valence-corrected chi connectivity index (χ2v) is 9.14. The number of carboxylic acid groups (broad SMARTS) is 1. The first-order valence-electron chi connectivity index (χ1n) is 11.0. The lowest BCUT2D eigenvalue weighted by atomic mass is 9.98. The molecule has 7 nitrogen and oxygen atoms in total. The maximum Gasteiger partial charge on any atom is 0.304 e. The number of aryl methyl sites for hydroxylation is 3. The molecule has 0 aromatic carbocycles. The van der Waals surface area contributed by atoms with E-state index in [0.29, 0.717) is 5.88 Å². The van der Waals surface area contributed by atoms with Gasteiger partial charge in [-0.05, 0) is 55.7 Å². The van der Waals surface area contributed by atoms with Crippen LogP contribution in [0, 0.1) is 0 Å². The predicted octanol–water partition coefficient (Wildman–Crippen LogP) is 4.47. The molecule has 32 heavy (non-hydrogen) atoms. The molecule has 2 N–H and O–H groups in total. The summed E-state index contributed by atoms with van der Waals surface area (Å²) < 4.78 is 5.11. The molecule has 0 radical (unpaired) electrons. The number of fused-ring (bicyclic) bond motifs is 1. The quantitative estimate of drug-likeness (QED) is 0.438. The van der Waals surface area contributed by atoms with Crippen LogP contribution in [-0.4, -0.2) is 39.7 Å². The van der Waals surface area contributed by atoms with Crippen molar-refractivity contribution in [3.63, 3.8) is 0 Å². The van der Waals surface area contributed by atoms with E-state index in [4.69, 9.17) is 9.72 Å². The number of methoxy groups -OCH3 is 1. The van der Waals surface area contributed by atoms with Gasteiger partial charge in [0.15, 0.2) is 0 Å². The van der Waals surface area contributed by atoms with E-state index in [1.807, 2.05) is 12.3 Å². The minimum Gasteiger partial charge on any atom is -0.481 e. The number of rotatable bonds is 10. The Morgan fingerprint density at radius 3 is 2.84 bits per heavy atom. The van der Waals surface area contributed by atoms with Crippen LogP contribution in [0.1, 0.15) is 58.3 Å². The molecule has 4 rings (SSSR count). The van der Waals surface area contributed by atoms with Crippen LogP contribution >= 0.6 is 11.3 Å². The Hall–Kier alpha value is -3.00. The maximum atomic E-state index is 11.4. The lowest BCUT2D eigenvalue weighted by molar-refractivity contribution is -0.137. The molecule has 168 valence electrons. The fourth-order valence-electron chi connectivity index (χ4n) is 3.95. The largest absolute Gasteiger partial charge is 0.481 e. The number of nitrogens with zero attached hydrogens (tertiary/aromatic N) is 3. The number of anilines is 1. The number of nitrogens with one attached hydrogen (secondary N) is 1. The van der Waals surface area contributed by atoms with Crippen molar-refractivity contribution in [1.29, 1.82) is 0 Å². The van der Waals surface area contributed by atoms with Crippen LogP contribution in [0.3, 0.4) is 0 Å². The molecule has 1 aliphatic heterocycles. The van der Waals surface area contributed by atoms with E-state index < -0.39 is 5.97 Å². The van der Waals surface area contributed by atoms with Gasteiger partial charge in [-0.25, -0.2) is 15.0 Å².